The molecule has 6 nitrogen and oxygen atoms in total. The van der Waals surface area contributed by atoms with Crippen LogP contribution in [0.3, 0.4) is 0 Å². The van der Waals surface area contributed by atoms with Crippen molar-refractivity contribution in [2.45, 2.75) is 18.4 Å². The molecule has 0 aromatic carbocycles. The van der Waals surface area contributed by atoms with Crippen LogP contribution in [0, 0.1) is 5.92 Å². The summed E-state index contributed by atoms with van der Waals surface area (Å²) < 4.78 is 0.606. The van der Waals surface area contributed by atoms with E-state index in [-0.39, 0.29) is 17.0 Å². The molecule has 8 heteroatoms. The van der Waals surface area contributed by atoms with E-state index in [4.69, 9.17) is 5.73 Å². The third kappa shape index (κ3) is 2.03. The van der Waals surface area contributed by atoms with Crippen LogP contribution in [0.4, 0.5) is 0 Å². The van der Waals surface area contributed by atoms with Gasteiger partial charge in [0, 0.05) is 12.3 Å². The Morgan fingerprint density at radius 2 is 2.33 bits per heavy atom. The third-order valence-electron chi connectivity index (χ3n) is 2.82. The van der Waals surface area contributed by atoms with Crippen LogP contribution in [0.5, 0.6) is 0 Å². The lowest BCUT2D eigenvalue weighted by Gasteiger charge is -2.43. The number of nitrogens with two attached hydrogens (primary N) is 1. The van der Waals surface area contributed by atoms with Gasteiger partial charge in [-0.1, -0.05) is 11.8 Å². The van der Waals surface area contributed by atoms with Gasteiger partial charge < -0.3 is 15.9 Å². The molecule has 0 aromatic rings. The van der Waals surface area contributed by atoms with Crippen molar-refractivity contribution in [3.63, 3.8) is 0 Å². The van der Waals surface area contributed by atoms with E-state index in [1.54, 1.807) is 6.92 Å². The van der Waals surface area contributed by atoms with Crippen LogP contribution in [-0.2, 0) is 9.59 Å². The molecule has 2 aliphatic heterocycles. The summed E-state index contributed by atoms with van der Waals surface area (Å²) in [6, 6.07) is 0. The number of thioether (sulfide) groups is 2. The Balaban J connectivity index is 2.21. The maximum Gasteiger partial charge on any atom is 0.354 e. The second-order valence-electron chi connectivity index (χ2n) is 4.06. The number of rotatable bonds is 5. The molecular weight excluding hydrogens is 276 g/mol. The van der Waals surface area contributed by atoms with Gasteiger partial charge in [0.15, 0.2) is 5.70 Å². The zero-order valence-corrected chi connectivity index (χ0v) is 11.3. The lowest BCUT2D eigenvalue weighted by molar-refractivity contribution is -0.156. The highest BCUT2D eigenvalue weighted by atomic mass is 32.2. The highest BCUT2D eigenvalue weighted by Gasteiger charge is 2.57. The van der Waals surface area contributed by atoms with Crippen LogP contribution < -0.4 is 5.73 Å². The average molecular weight is 290 g/mol. The molecule has 4 N–H and O–H groups in total. The first-order valence-corrected chi connectivity index (χ1v) is 7.33. The molecule has 1 fully saturated rings. The molecule has 0 spiro atoms. The number of nitrogens with zero attached hydrogens (tertiary/aromatic N) is 1. The number of fused-ring (bicyclic) bond motifs is 1. The first kappa shape index (κ1) is 13.7. The smallest absolute Gasteiger partial charge is 0.354 e. The summed E-state index contributed by atoms with van der Waals surface area (Å²) >= 11 is 2.67. The zero-order valence-electron chi connectivity index (χ0n) is 9.70. The van der Waals surface area contributed by atoms with E-state index in [1.807, 2.05) is 0 Å². The number of hydrogen-bond donors (Lipinski definition) is 3. The summed E-state index contributed by atoms with van der Waals surface area (Å²) in [6.45, 7) is 1.99. The monoisotopic (exact) mass is 290 g/mol. The first-order valence-electron chi connectivity index (χ1n) is 5.47. The van der Waals surface area contributed by atoms with Gasteiger partial charge in [-0.3, -0.25) is 9.69 Å². The van der Waals surface area contributed by atoms with Gasteiger partial charge in [0.05, 0.1) is 16.3 Å². The van der Waals surface area contributed by atoms with Crippen LogP contribution in [0.25, 0.3) is 0 Å². The number of hydrogen-bond acceptors (Lipinski definition) is 6. The molecule has 0 unspecified atom stereocenters. The number of amides is 1. The number of carbonyl (C=O) groups excluding carboxylic acids is 1. The van der Waals surface area contributed by atoms with Gasteiger partial charge in [0.1, 0.15) is 5.37 Å². The standard InChI is InChI=1S/C10H14N2O4S2/c1-4(13)5-7(14)12-6(9(15)16)10(17-3-2-11)18-8(5)12/h4-5,8,13H,2-3,11H2,1H3,(H,15,16)/t4-,5+,8-/m1/s1. The summed E-state index contributed by atoms with van der Waals surface area (Å²) in [6.07, 6.45) is -0.764. The molecule has 0 radical (unpaired) electrons. The minimum atomic E-state index is -1.11. The van der Waals surface area contributed by atoms with Crippen molar-refractivity contribution in [1.82, 2.24) is 4.90 Å². The van der Waals surface area contributed by atoms with Crippen molar-refractivity contribution in [2.75, 3.05) is 12.3 Å². The SMILES string of the molecule is C[C@@H](O)[C@H]1C(=O)N2C(C(=O)O)=C(SCCN)S[C@H]12. The largest absolute Gasteiger partial charge is 0.477 e. The van der Waals surface area contributed by atoms with E-state index in [1.165, 1.54) is 28.4 Å². The van der Waals surface area contributed by atoms with E-state index >= 15 is 0 Å². The lowest BCUT2D eigenvalue weighted by atomic mass is 9.92. The highest BCUT2D eigenvalue weighted by molar-refractivity contribution is 8.22. The Morgan fingerprint density at radius 3 is 2.83 bits per heavy atom. The molecule has 0 bridgehead atoms. The molecule has 1 amide bonds. The van der Waals surface area contributed by atoms with E-state index in [0.717, 1.165) is 0 Å². The molecule has 1 saturated heterocycles. The van der Waals surface area contributed by atoms with Crippen molar-refractivity contribution in [1.29, 1.82) is 0 Å². The number of aliphatic carboxylic acids is 1. The molecular formula is C10H14N2O4S2. The average Bonchev–Trinajstić information content (AvgIpc) is 2.60. The van der Waals surface area contributed by atoms with E-state index in [2.05, 4.69) is 0 Å². The molecule has 2 heterocycles. The van der Waals surface area contributed by atoms with Gasteiger partial charge in [-0.05, 0) is 6.92 Å². The maximum absolute atomic E-state index is 11.8. The van der Waals surface area contributed by atoms with Gasteiger partial charge >= 0.3 is 5.97 Å². The van der Waals surface area contributed by atoms with Crippen molar-refractivity contribution in [2.24, 2.45) is 11.7 Å². The predicted octanol–water partition coefficient (Wildman–Crippen LogP) is -0.156. The third-order valence-corrected chi connectivity index (χ3v) is 5.51. The summed E-state index contributed by atoms with van der Waals surface area (Å²) in [5.41, 5.74) is 5.43. The molecule has 0 aliphatic carbocycles. The quantitative estimate of drug-likeness (QED) is 0.605. The van der Waals surface area contributed by atoms with Crippen LogP contribution >= 0.6 is 23.5 Å². The molecule has 0 aromatic heterocycles. The Bertz CT molecular complexity index is 424. The fourth-order valence-electron chi connectivity index (χ4n) is 2.00. The normalized spacial score (nSPS) is 28.2. The minimum absolute atomic E-state index is 0.0327. The molecule has 3 atom stereocenters. The Morgan fingerprint density at radius 1 is 1.67 bits per heavy atom. The van der Waals surface area contributed by atoms with Gasteiger partial charge in [-0.25, -0.2) is 4.79 Å². The molecule has 2 aliphatic rings. The van der Waals surface area contributed by atoms with Crippen LogP contribution in [0.15, 0.2) is 9.93 Å². The van der Waals surface area contributed by atoms with Crippen LogP contribution in [-0.4, -0.2) is 50.8 Å². The summed E-state index contributed by atoms with van der Waals surface area (Å²) in [4.78, 5) is 24.3. The van der Waals surface area contributed by atoms with E-state index in [0.29, 0.717) is 16.5 Å². The highest BCUT2D eigenvalue weighted by Crippen LogP contribution is 2.53. The number of aliphatic hydroxyl groups is 1. The Hall–Kier alpha value is -0.700. The van der Waals surface area contributed by atoms with Crippen molar-refractivity contribution >= 4 is 35.4 Å². The second-order valence-corrected chi connectivity index (χ2v) is 6.55. The van der Waals surface area contributed by atoms with Crippen molar-refractivity contribution in [3.05, 3.63) is 9.93 Å². The zero-order chi connectivity index (χ0) is 13.4. The Labute approximate surface area is 113 Å². The minimum Gasteiger partial charge on any atom is -0.477 e. The summed E-state index contributed by atoms with van der Waals surface area (Å²) in [7, 11) is 0. The topological polar surface area (TPSA) is 104 Å². The maximum atomic E-state index is 11.8. The molecule has 18 heavy (non-hydrogen) atoms. The van der Waals surface area contributed by atoms with Crippen LogP contribution in [0.1, 0.15) is 6.92 Å². The lowest BCUT2D eigenvalue weighted by Crippen LogP contribution is -2.60. The van der Waals surface area contributed by atoms with Crippen molar-refractivity contribution < 1.29 is 19.8 Å². The predicted molar refractivity (Wildman–Crippen MR) is 69.6 cm³/mol. The fourth-order valence-corrected chi connectivity index (χ4v) is 4.77. The number of β-lactam (4-membered cyclic amide) rings is 1. The van der Waals surface area contributed by atoms with Gasteiger partial charge in [0.2, 0.25) is 5.91 Å². The van der Waals surface area contributed by atoms with E-state index < -0.39 is 18.0 Å². The number of carboxylic acids is 1. The fraction of sp³-hybridized carbons (Fsp3) is 0.600. The molecule has 0 saturated carbocycles. The van der Waals surface area contributed by atoms with Gasteiger partial charge in [-0.2, -0.15) is 0 Å². The number of carboxylic acid groups (broad SMARTS) is 1. The summed E-state index contributed by atoms with van der Waals surface area (Å²) in [5.74, 6) is -1.33. The van der Waals surface area contributed by atoms with Crippen molar-refractivity contribution in [3.8, 4) is 0 Å². The summed E-state index contributed by atoms with van der Waals surface area (Å²) in [5, 5.41) is 18.4. The Kier molecular flexibility index (Phi) is 3.90. The molecule has 2 rings (SSSR count). The number of carbonyl (C=O) groups is 2. The first-order chi connectivity index (χ1) is 8.49. The molecule has 100 valence electrons. The van der Waals surface area contributed by atoms with E-state index in [9.17, 15) is 19.8 Å². The van der Waals surface area contributed by atoms with Crippen LogP contribution in [0.2, 0.25) is 0 Å². The van der Waals surface area contributed by atoms with Gasteiger partial charge in [-0.15, -0.1) is 11.8 Å². The number of aliphatic hydroxyl groups excluding tert-OH is 1. The second kappa shape index (κ2) is 5.12. The van der Waals surface area contributed by atoms with Gasteiger partial charge in [0.25, 0.3) is 0 Å².